The predicted octanol–water partition coefficient (Wildman–Crippen LogP) is 2.57. The molecule has 0 unspecified atom stereocenters. The largest absolute Gasteiger partial charge is 0.497 e. The quantitative estimate of drug-likeness (QED) is 0.902. The van der Waals surface area contributed by atoms with Crippen LogP contribution >= 0.6 is 0 Å². The maximum Gasteiger partial charge on any atom is 0.254 e. The Morgan fingerprint density at radius 1 is 1.22 bits per heavy atom. The second kappa shape index (κ2) is 5.04. The molecule has 2 aromatic rings. The topological polar surface area (TPSA) is 55.0 Å². The minimum Gasteiger partial charge on any atom is -0.497 e. The van der Waals surface area contributed by atoms with Gasteiger partial charge in [0, 0.05) is 11.1 Å². The van der Waals surface area contributed by atoms with Crippen molar-refractivity contribution in [3.8, 4) is 17.0 Å². The number of aromatic nitrogens is 2. The van der Waals surface area contributed by atoms with E-state index in [1.54, 1.807) is 7.11 Å². The zero-order valence-corrected chi connectivity index (χ0v) is 10.7. The first-order chi connectivity index (χ1) is 8.63. The van der Waals surface area contributed by atoms with Crippen LogP contribution in [-0.2, 0) is 0 Å². The number of rotatable bonds is 3. The van der Waals surface area contributed by atoms with Crippen molar-refractivity contribution in [1.29, 1.82) is 0 Å². The first-order valence-electron chi connectivity index (χ1n) is 5.85. The van der Waals surface area contributed by atoms with E-state index >= 15 is 0 Å². The van der Waals surface area contributed by atoms with Gasteiger partial charge in [0.25, 0.3) is 5.56 Å². The minimum absolute atomic E-state index is 0.0779. The van der Waals surface area contributed by atoms with Crippen LogP contribution in [0, 0.1) is 0 Å². The first kappa shape index (κ1) is 12.4. The predicted molar refractivity (Wildman–Crippen MR) is 70.9 cm³/mol. The fraction of sp³-hybridized carbons (Fsp3) is 0.286. The second-order valence-electron chi connectivity index (χ2n) is 4.38. The van der Waals surface area contributed by atoms with Gasteiger partial charge in [-0.05, 0) is 30.2 Å². The zero-order chi connectivity index (χ0) is 13.1. The zero-order valence-electron chi connectivity index (χ0n) is 10.7. The van der Waals surface area contributed by atoms with Crippen LogP contribution < -0.4 is 10.3 Å². The molecule has 1 N–H and O–H groups in total. The third-order valence-electron chi connectivity index (χ3n) is 2.83. The van der Waals surface area contributed by atoms with E-state index in [0.29, 0.717) is 5.56 Å². The highest BCUT2D eigenvalue weighted by molar-refractivity contribution is 5.63. The SMILES string of the molecule is COc1ccc(-c2nc[nH]c(=O)c2C(C)C)cc1. The maximum atomic E-state index is 11.9. The summed E-state index contributed by atoms with van der Waals surface area (Å²) in [6.07, 6.45) is 1.44. The first-order valence-corrected chi connectivity index (χ1v) is 5.85. The molecule has 0 saturated heterocycles. The lowest BCUT2D eigenvalue weighted by Gasteiger charge is -2.10. The van der Waals surface area contributed by atoms with Gasteiger partial charge in [-0.2, -0.15) is 0 Å². The Hall–Kier alpha value is -2.10. The van der Waals surface area contributed by atoms with E-state index in [1.165, 1.54) is 6.33 Å². The van der Waals surface area contributed by atoms with Crippen LogP contribution in [0.3, 0.4) is 0 Å². The fourth-order valence-corrected chi connectivity index (χ4v) is 1.92. The Balaban J connectivity index is 2.56. The fourth-order valence-electron chi connectivity index (χ4n) is 1.92. The standard InChI is InChI=1S/C14H16N2O2/c1-9(2)12-13(15-8-16-14(12)17)10-4-6-11(18-3)7-5-10/h4-9H,1-3H3,(H,15,16,17). The van der Waals surface area contributed by atoms with Gasteiger partial charge in [0.1, 0.15) is 5.75 Å². The van der Waals surface area contributed by atoms with Gasteiger partial charge in [0.2, 0.25) is 0 Å². The summed E-state index contributed by atoms with van der Waals surface area (Å²) in [5.74, 6) is 0.911. The summed E-state index contributed by atoms with van der Waals surface area (Å²) in [7, 11) is 1.63. The van der Waals surface area contributed by atoms with Crippen molar-refractivity contribution in [2.24, 2.45) is 0 Å². The van der Waals surface area contributed by atoms with Gasteiger partial charge in [-0.1, -0.05) is 13.8 Å². The number of H-pyrrole nitrogens is 1. The molecule has 94 valence electrons. The Kier molecular flexibility index (Phi) is 3.46. The van der Waals surface area contributed by atoms with Gasteiger partial charge in [-0.15, -0.1) is 0 Å². The van der Waals surface area contributed by atoms with Crippen molar-refractivity contribution in [1.82, 2.24) is 9.97 Å². The summed E-state index contributed by atoms with van der Waals surface area (Å²) < 4.78 is 5.12. The molecular weight excluding hydrogens is 228 g/mol. The van der Waals surface area contributed by atoms with Gasteiger partial charge < -0.3 is 9.72 Å². The molecule has 0 aliphatic carbocycles. The maximum absolute atomic E-state index is 11.9. The molecule has 0 atom stereocenters. The molecule has 1 aromatic carbocycles. The number of hydrogen-bond donors (Lipinski definition) is 1. The average Bonchev–Trinajstić information content (AvgIpc) is 2.38. The molecule has 4 heteroatoms. The van der Waals surface area contributed by atoms with Crippen LogP contribution in [0.2, 0.25) is 0 Å². The number of aromatic amines is 1. The minimum atomic E-state index is -0.0779. The van der Waals surface area contributed by atoms with Crippen molar-refractivity contribution in [3.05, 3.63) is 46.5 Å². The van der Waals surface area contributed by atoms with Crippen LogP contribution in [0.1, 0.15) is 25.3 Å². The monoisotopic (exact) mass is 244 g/mol. The Bertz CT molecular complexity index is 585. The van der Waals surface area contributed by atoms with Crippen molar-refractivity contribution >= 4 is 0 Å². The van der Waals surface area contributed by atoms with Crippen molar-refractivity contribution in [3.63, 3.8) is 0 Å². The molecule has 1 aromatic heterocycles. The molecule has 0 aliphatic heterocycles. The summed E-state index contributed by atoms with van der Waals surface area (Å²) >= 11 is 0. The van der Waals surface area contributed by atoms with E-state index in [4.69, 9.17) is 4.74 Å². The normalized spacial score (nSPS) is 10.7. The van der Waals surface area contributed by atoms with E-state index in [-0.39, 0.29) is 11.5 Å². The smallest absolute Gasteiger partial charge is 0.254 e. The van der Waals surface area contributed by atoms with Gasteiger partial charge >= 0.3 is 0 Å². The number of hydrogen-bond acceptors (Lipinski definition) is 3. The molecule has 1 heterocycles. The summed E-state index contributed by atoms with van der Waals surface area (Å²) in [6, 6.07) is 7.55. The van der Waals surface area contributed by atoms with Crippen molar-refractivity contribution in [2.45, 2.75) is 19.8 Å². The van der Waals surface area contributed by atoms with Crippen LogP contribution in [-0.4, -0.2) is 17.1 Å². The molecule has 0 fully saturated rings. The van der Waals surface area contributed by atoms with Crippen molar-refractivity contribution < 1.29 is 4.74 Å². The third kappa shape index (κ3) is 2.27. The Morgan fingerprint density at radius 2 is 1.89 bits per heavy atom. The molecule has 0 saturated carbocycles. The van der Waals surface area contributed by atoms with Crippen molar-refractivity contribution in [2.75, 3.05) is 7.11 Å². The second-order valence-corrected chi connectivity index (χ2v) is 4.38. The van der Waals surface area contributed by atoms with E-state index in [0.717, 1.165) is 17.0 Å². The van der Waals surface area contributed by atoms with Gasteiger partial charge in [0.05, 0.1) is 19.1 Å². The molecule has 0 amide bonds. The summed E-state index contributed by atoms with van der Waals surface area (Å²) in [6.45, 7) is 3.97. The Labute approximate surface area is 106 Å². The van der Waals surface area contributed by atoms with Gasteiger partial charge in [-0.3, -0.25) is 4.79 Å². The number of benzene rings is 1. The summed E-state index contributed by atoms with van der Waals surface area (Å²) in [5, 5.41) is 0. The van der Waals surface area contributed by atoms with E-state index in [9.17, 15) is 4.79 Å². The van der Waals surface area contributed by atoms with Gasteiger partial charge in [-0.25, -0.2) is 4.98 Å². The summed E-state index contributed by atoms with van der Waals surface area (Å²) in [4.78, 5) is 18.8. The molecule has 18 heavy (non-hydrogen) atoms. The third-order valence-corrected chi connectivity index (χ3v) is 2.83. The lowest BCUT2D eigenvalue weighted by molar-refractivity contribution is 0.415. The Morgan fingerprint density at radius 3 is 2.44 bits per heavy atom. The number of ether oxygens (including phenoxy) is 1. The summed E-state index contributed by atoms with van der Waals surface area (Å²) in [5.41, 5.74) is 2.29. The molecule has 0 aliphatic rings. The van der Waals surface area contributed by atoms with Crippen LogP contribution in [0.4, 0.5) is 0 Å². The van der Waals surface area contributed by atoms with Crippen LogP contribution in [0.15, 0.2) is 35.4 Å². The highest BCUT2D eigenvalue weighted by atomic mass is 16.5. The molecule has 0 bridgehead atoms. The van der Waals surface area contributed by atoms with Crippen LogP contribution in [0.25, 0.3) is 11.3 Å². The molecule has 2 rings (SSSR count). The molecule has 0 spiro atoms. The van der Waals surface area contributed by atoms with E-state index in [1.807, 2.05) is 38.1 Å². The van der Waals surface area contributed by atoms with E-state index < -0.39 is 0 Å². The lowest BCUT2D eigenvalue weighted by atomic mass is 9.98. The average molecular weight is 244 g/mol. The number of nitrogens with zero attached hydrogens (tertiary/aromatic N) is 1. The molecule has 4 nitrogen and oxygen atoms in total. The number of nitrogens with one attached hydrogen (secondary N) is 1. The van der Waals surface area contributed by atoms with Crippen LogP contribution in [0.5, 0.6) is 5.75 Å². The molecule has 0 radical (unpaired) electrons. The number of methoxy groups -OCH3 is 1. The van der Waals surface area contributed by atoms with E-state index in [2.05, 4.69) is 9.97 Å². The molecular formula is C14H16N2O2. The lowest BCUT2D eigenvalue weighted by Crippen LogP contribution is -2.16. The van der Waals surface area contributed by atoms with Gasteiger partial charge in [0.15, 0.2) is 0 Å². The highest BCUT2D eigenvalue weighted by Gasteiger charge is 2.13. The highest BCUT2D eigenvalue weighted by Crippen LogP contribution is 2.25.